The molecule has 1 rings (SSSR count). The third-order valence-electron chi connectivity index (χ3n) is 3.87. The van der Waals surface area contributed by atoms with Crippen molar-refractivity contribution in [1.82, 2.24) is 4.90 Å². The van der Waals surface area contributed by atoms with E-state index in [1.807, 2.05) is 13.8 Å². The predicted octanol–water partition coefficient (Wildman–Crippen LogP) is 2.27. The fourth-order valence-electron chi connectivity index (χ4n) is 2.05. The van der Waals surface area contributed by atoms with Crippen molar-refractivity contribution >= 4 is 28.2 Å². The lowest BCUT2D eigenvalue weighted by molar-refractivity contribution is 0.0788. The van der Waals surface area contributed by atoms with Gasteiger partial charge in [0.25, 0.3) is 5.91 Å². The third kappa shape index (κ3) is 6.12. The van der Waals surface area contributed by atoms with E-state index in [1.54, 1.807) is 24.9 Å². The van der Waals surface area contributed by atoms with E-state index in [2.05, 4.69) is 0 Å². The molecule has 0 aromatic heterocycles. The fourth-order valence-corrected chi connectivity index (χ4v) is 2.69. The molecule has 0 aliphatic heterocycles. The zero-order valence-corrected chi connectivity index (χ0v) is 16.0. The van der Waals surface area contributed by atoms with Gasteiger partial charge in [0.15, 0.2) is 9.84 Å². The van der Waals surface area contributed by atoms with E-state index in [1.165, 1.54) is 12.1 Å². The first-order chi connectivity index (χ1) is 10.0. The standard InChI is InChI=1S/C16H26N2O3S.ClH/c1-11(2)15(17)8-9-18(4)16(19)14-10-13(22(5,20)21)7-6-12(14)3;/h6-7,10-11,15H,8-9,17H2,1-5H3;1H. The molecule has 0 bridgehead atoms. The Morgan fingerprint density at radius 1 is 1.30 bits per heavy atom. The van der Waals surface area contributed by atoms with Crippen molar-refractivity contribution in [1.29, 1.82) is 0 Å². The lowest BCUT2D eigenvalue weighted by Crippen LogP contribution is -2.35. The summed E-state index contributed by atoms with van der Waals surface area (Å²) in [5, 5.41) is 0. The molecular weight excluding hydrogens is 336 g/mol. The third-order valence-corrected chi connectivity index (χ3v) is 4.98. The number of benzene rings is 1. The predicted molar refractivity (Wildman–Crippen MR) is 95.9 cm³/mol. The maximum atomic E-state index is 12.5. The maximum absolute atomic E-state index is 12.5. The number of rotatable bonds is 6. The Labute approximate surface area is 145 Å². The molecule has 132 valence electrons. The van der Waals surface area contributed by atoms with Gasteiger partial charge in [0.05, 0.1) is 4.90 Å². The van der Waals surface area contributed by atoms with Crippen LogP contribution in [0.15, 0.2) is 23.1 Å². The zero-order chi connectivity index (χ0) is 17.1. The molecule has 1 unspecified atom stereocenters. The van der Waals surface area contributed by atoms with E-state index in [9.17, 15) is 13.2 Å². The lowest BCUT2D eigenvalue weighted by Gasteiger charge is -2.22. The molecule has 0 fully saturated rings. The second kappa shape index (κ2) is 8.66. The minimum Gasteiger partial charge on any atom is -0.342 e. The average molecular weight is 363 g/mol. The summed E-state index contributed by atoms with van der Waals surface area (Å²) in [6.07, 6.45) is 1.85. The molecule has 0 saturated carbocycles. The first-order valence-electron chi connectivity index (χ1n) is 7.35. The normalized spacial score (nSPS) is 12.7. The number of hydrogen-bond donors (Lipinski definition) is 1. The second-order valence-corrected chi connectivity index (χ2v) is 8.19. The van der Waals surface area contributed by atoms with Crippen molar-refractivity contribution in [2.45, 2.75) is 38.1 Å². The van der Waals surface area contributed by atoms with Crippen LogP contribution in [0.1, 0.15) is 36.2 Å². The number of nitrogens with two attached hydrogens (primary N) is 1. The van der Waals surface area contributed by atoms with E-state index in [-0.39, 0.29) is 29.3 Å². The van der Waals surface area contributed by atoms with Gasteiger partial charge in [-0.05, 0) is 37.0 Å². The summed E-state index contributed by atoms with van der Waals surface area (Å²) in [7, 11) is -1.62. The molecule has 1 aromatic carbocycles. The summed E-state index contributed by atoms with van der Waals surface area (Å²) in [5.41, 5.74) is 7.18. The van der Waals surface area contributed by atoms with Crippen molar-refractivity contribution in [3.05, 3.63) is 29.3 Å². The van der Waals surface area contributed by atoms with Crippen LogP contribution in [0.3, 0.4) is 0 Å². The molecule has 0 aliphatic rings. The number of hydrogen-bond acceptors (Lipinski definition) is 4. The van der Waals surface area contributed by atoms with Crippen LogP contribution in [-0.4, -0.2) is 45.1 Å². The van der Waals surface area contributed by atoms with E-state index < -0.39 is 9.84 Å². The minimum atomic E-state index is -3.33. The van der Waals surface area contributed by atoms with Crippen LogP contribution in [0.2, 0.25) is 0 Å². The highest BCUT2D eigenvalue weighted by Gasteiger charge is 2.18. The van der Waals surface area contributed by atoms with Gasteiger partial charge in [-0.15, -0.1) is 12.4 Å². The summed E-state index contributed by atoms with van der Waals surface area (Å²) in [6, 6.07) is 4.68. The molecule has 0 heterocycles. The number of aryl methyl sites for hydroxylation is 1. The molecule has 0 aliphatic carbocycles. The van der Waals surface area contributed by atoms with Crippen molar-refractivity contribution < 1.29 is 13.2 Å². The molecular formula is C16H27ClN2O3S. The molecule has 2 N–H and O–H groups in total. The van der Waals surface area contributed by atoms with E-state index in [0.29, 0.717) is 24.4 Å². The largest absolute Gasteiger partial charge is 0.342 e. The van der Waals surface area contributed by atoms with E-state index >= 15 is 0 Å². The van der Waals surface area contributed by atoms with Crippen molar-refractivity contribution in [3.63, 3.8) is 0 Å². The van der Waals surface area contributed by atoms with Crippen LogP contribution < -0.4 is 5.73 Å². The smallest absolute Gasteiger partial charge is 0.253 e. The molecule has 1 aromatic rings. The topological polar surface area (TPSA) is 80.5 Å². The number of sulfone groups is 1. The van der Waals surface area contributed by atoms with Crippen LogP contribution in [0.25, 0.3) is 0 Å². The summed E-state index contributed by atoms with van der Waals surface area (Å²) in [5.74, 6) is 0.178. The molecule has 0 spiro atoms. The Morgan fingerprint density at radius 3 is 2.35 bits per heavy atom. The average Bonchev–Trinajstić information content (AvgIpc) is 2.42. The van der Waals surface area contributed by atoms with Crippen LogP contribution in [0.5, 0.6) is 0 Å². The van der Waals surface area contributed by atoms with Gasteiger partial charge >= 0.3 is 0 Å². The molecule has 1 amide bonds. The maximum Gasteiger partial charge on any atom is 0.253 e. The van der Waals surface area contributed by atoms with Crippen LogP contribution >= 0.6 is 12.4 Å². The Bertz CT molecular complexity index is 645. The quantitative estimate of drug-likeness (QED) is 0.841. The molecule has 0 saturated heterocycles. The van der Waals surface area contributed by atoms with Gasteiger partial charge in [-0.1, -0.05) is 19.9 Å². The summed E-state index contributed by atoms with van der Waals surface area (Å²) in [6.45, 7) is 6.44. The molecule has 7 heteroatoms. The van der Waals surface area contributed by atoms with Gasteiger partial charge in [-0.3, -0.25) is 4.79 Å². The van der Waals surface area contributed by atoms with Gasteiger partial charge in [-0.25, -0.2) is 8.42 Å². The Morgan fingerprint density at radius 2 is 1.87 bits per heavy atom. The number of carbonyl (C=O) groups is 1. The van der Waals surface area contributed by atoms with Crippen molar-refractivity contribution in [3.8, 4) is 0 Å². The Kier molecular flexibility index (Phi) is 8.24. The van der Waals surface area contributed by atoms with Crippen molar-refractivity contribution in [2.75, 3.05) is 19.8 Å². The number of carbonyl (C=O) groups excluding carboxylic acids is 1. The summed E-state index contributed by atoms with van der Waals surface area (Å²) in [4.78, 5) is 14.3. The number of halogens is 1. The zero-order valence-electron chi connectivity index (χ0n) is 14.4. The van der Waals surface area contributed by atoms with Gasteiger partial charge in [0.1, 0.15) is 0 Å². The van der Waals surface area contributed by atoms with Gasteiger partial charge in [-0.2, -0.15) is 0 Å². The first-order valence-corrected chi connectivity index (χ1v) is 9.25. The van der Waals surface area contributed by atoms with Crippen LogP contribution in [0, 0.1) is 12.8 Å². The number of nitrogens with zero attached hydrogens (tertiary/aromatic N) is 1. The number of amides is 1. The SMILES string of the molecule is Cc1ccc(S(C)(=O)=O)cc1C(=O)N(C)CCC(N)C(C)C.Cl. The molecule has 0 radical (unpaired) electrons. The van der Waals surface area contributed by atoms with Gasteiger partial charge in [0.2, 0.25) is 0 Å². The highest BCUT2D eigenvalue weighted by Crippen LogP contribution is 2.17. The lowest BCUT2D eigenvalue weighted by atomic mass is 10.0. The van der Waals surface area contributed by atoms with E-state index in [0.717, 1.165) is 11.8 Å². The van der Waals surface area contributed by atoms with Crippen LogP contribution in [-0.2, 0) is 9.84 Å². The summed E-state index contributed by atoms with van der Waals surface area (Å²) < 4.78 is 23.3. The van der Waals surface area contributed by atoms with Crippen molar-refractivity contribution in [2.24, 2.45) is 11.7 Å². The second-order valence-electron chi connectivity index (χ2n) is 6.17. The van der Waals surface area contributed by atoms with Crippen LogP contribution in [0.4, 0.5) is 0 Å². The minimum absolute atomic E-state index is 0. The Hall–Kier alpha value is -1.11. The van der Waals surface area contributed by atoms with Gasteiger partial charge < -0.3 is 10.6 Å². The first kappa shape index (κ1) is 21.9. The van der Waals surface area contributed by atoms with Gasteiger partial charge in [0, 0.05) is 31.5 Å². The monoisotopic (exact) mass is 362 g/mol. The molecule has 5 nitrogen and oxygen atoms in total. The Balaban J connectivity index is 0.00000484. The molecule has 1 atom stereocenters. The highest BCUT2D eigenvalue weighted by molar-refractivity contribution is 7.90. The highest BCUT2D eigenvalue weighted by atomic mass is 35.5. The summed E-state index contributed by atoms with van der Waals surface area (Å²) >= 11 is 0. The van der Waals surface area contributed by atoms with E-state index in [4.69, 9.17) is 5.73 Å². The molecule has 23 heavy (non-hydrogen) atoms. The fraction of sp³-hybridized carbons (Fsp3) is 0.562.